The minimum atomic E-state index is -3.72. The van der Waals surface area contributed by atoms with Gasteiger partial charge in [-0.05, 0) is 66.2 Å². The predicted octanol–water partition coefficient (Wildman–Crippen LogP) is 1.11. The highest BCUT2D eigenvalue weighted by Gasteiger charge is 2.20. The van der Waals surface area contributed by atoms with Crippen LogP contribution in [0, 0.1) is 0 Å². The zero-order valence-electron chi connectivity index (χ0n) is 16.6. The van der Waals surface area contributed by atoms with E-state index in [1.54, 1.807) is 49.3 Å². The number of hydrogen-bond acceptors (Lipinski definition) is 6. The number of likely N-dealkylation sites (N-methyl/N-ethyl adjacent to an activating group) is 1. The van der Waals surface area contributed by atoms with E-state index in [0.29, 0.717) is 18.8 Å². The molecule has 162 valence electrons. The zero-order chi connectivity index (χ0) is 22.3. The Morgan fingerprint density at radius 2 is 1.87 bits per heavy atom. The number of carbonyl (C=O) groups excluding carboxylic acids is 2. The maximum absolute atomic E-state index is 12.3. The summed E-state index contributed by atoms with van der Waals surface area (Å²) in [5, 5.41) is 10.6. The number of anilines is 1. The molecule has 1 atom stereocenters. The van der Waals surface area contributed by atoms with E-state index < -0.39 is 16.1 Å². The summed E-state index contributed by atoms with van der Waals surface area (Å²) in [6.45, 7) is 2.11. The van der Waals surface area contributed by atoms with Crippen molar-refractivity contribution < 1.29 is 18.0 Å². The first-order valence-electron chi connectivity index (χ1n) is 9.07. The first-order valence-corrected chi connectivity index (χ1v) is 11.4. The van der Waals surface area contributed by atoms with Gasteiger partial charge in [0, 0.05) is 17.2 Å². The summed E-state index contributed by atoms with van der Waals surface area (Å²) in [5.41, 5.74) is 0.866. The molecule has 2 aromatic rings. The predicted molar refractivity (Wildman–Crippen MR) is 117 cm³/mol. The molecule has 0 saturated heterocycles. The number of amides is 2. The molecule has 30 heavy (non-hydrogen) atoms. The molecule has 0 aliphatic heterocycles. The van der Waals surface area contributed by atoms with Crippen molar-refractivity contribution in [1.82, 2.24) is 15.2 Å². The van der Waals surface area contributed by atoms with E-state index in [2.05, 4.69) is 31.5 Å². The number of primary sulfonamides is 1. The van der Waals surface area contributed by atoms with E-state index in [9.17, 15) is 18.0 Å². The van der Waals surface area contributed by atoms with Gasteiger partial charge in [-0.1, -0.05) is 12.1 Å². The van der Waals surface area contributed by atoms with Crippen LogP contribution >= 0.6 is 15.9 Å². The van der Waals surface area contributed by atoms with Crippen molar-refractivity contribution in [1.29, 1.82) is 0 Å². The highest BCUT2D eigenvalue weighted by molar-refractivity contribution is 9.10. The number of nitrogens with one attached hydrogen (secondary N) is 2. The molecule has 1 unspecified atom stereocenters. The van der Waals surface area contributed by atoms with E-state index in [1.165, 1.54) is 12.1 Å². The van der Waals surface area contributed by atoms with Gasteiger partial charge in [0.05, 0.1) is 17.5 Å². The smallest absolute Gasteiger partial charge is 0.239 e. The van der Waals surface area contributed by atoms with Crippen LogP contribution in [-0.2, 0) is 26.0 Å². The van der Waals surface area contributed by atoms with Crippen LogP contribution < -0.4 is 15.8 Å². The Balaban J connectivity index is 1.77. The SMILES string of the molecule is CC(C(=O)NCCc1ccc(S(N)(=O)=O)cc1)N(C)CC(=O)Nc1ccc(Br)cn1. The van der Waals surface area contributed by atoms with Crippen molar-refractivity contribution in [2.24, 2.45) is 5.14 Å². The molecule has 0 aliphatic rings. The van der Waals surface area contributed by atoms with Crippen molar-refractivity contribution in [3.8, 4) is 0 Å². The van der Waals surface area contributed by atoms with Crippen molar-refractivity contribution >= 4 is 43.6 Å². The summed E-state index contributed by atoms with van der Waals surface area (Å²) in [6.07, 6.45) is 2.11. The Bertz CT molecular complexity index is 981. The number of nitrogens with two attached hydrogens (primary N) is 1. The molecule has 0 spiro atoms. The van der Waals surface area contributed by atoms with Crippen LogP contribution in [0.4, 0.5) is 5.82 Å². The third kappa shape index (κ3) is 7.48. The van der Waals surface area contributed by atoms with E-state index in [1.807, 2.05) is 0 Å². The van der Waals surface area contributed by atoms with Gasteiger partial charge in [0.15, 0.2) is 0 Å². The molecule has 9 nitrogen and oxygen atoms in total. The summed E-state index contributed by atoms with van der Waals surface area (Å²) in [6, 6.07) is 9.10. The number of nitrogens with zero attached hydrogens (tertiary/aromatic N) is 2. The van der Waals surface area contributed by atoms with Gasteiger partial charge < -0.3 is 10.6 Å². The molecule has 2 rings (SSSR count). The van der Waals surface area contributed by atoms with Crippen LogP contribution in [0.3, 0.4) is 0 Å². The van der Waals surface area contributed by atoms with Crippen molar-refractivity contribution in [2.45, 2.75) is 24.3 Å². The molecule has 0 aliphatic carbocycles. The first kappa shape index (κ1) is 23.9. The standard InChI is InChI=1S/C19H24BrN5O4S/c1-13(25(2)12-18(26)24-17-8-5-15(20)11-23-17)19(27)22-10-9-14-3-6-16(7-4-14)30(21,28)29/h3-8,11,13H,9-10,12H2,1-2H3,(H,22,27)(H2,21,28,29)(H,23,24,26). The largest absolute Gasteiger partial charge is 0.354 e. The normalized spacial score (nSPS) is 12.4. The average molecular weight is 498 g/mol. The molecular weight excluding hydrogens is 474 g/mol. The maximum atomic E-state index is 12.3. The Kier molecular flexibility index (Phi) is 8.47. The molecule has 0 fully saturated rings. The summed E-state index contributed by atoms with van der Waals surface area (Å²) in [4.78, 5) is 30.2. The van der Waals surface area contributed by atoms with Crippen LogP contribution in [0.15, 0.2) is 52.0 Å². The van der Waals surface area contributed by atoms with Crippen LogP contribution in [0.1, 0.15) is 12.5 Å². The van der Waals surface area contributed by atoms with Crippen molar-refractivity contribution in [2.75, 3.05) is 25.5 Å². The van der Waals surface area contributed by atoms with Gasteiger partial charge in [-0.25, -0.2) is 18.5 Å². The Hall–Kier alpha value is -2.34. The molecule has 1 aromatic carbocycles. The number of aromatic nitrogens is 1. The van der Waals surface area contributed by atoms with Crippen molar-refractivity contribution in [3.63, 3.8) is 0 Å². The number of carbonyl (C=O) groups is 2. The fourth-order valence-corrected chi connectivity index (χ4v) is 3.27. The van der Waals surface area contributed by atoms with Gasteiger partial charge in [-0.3, -0.25) is 14.5 Å². The van der Waals surface area contributed by atoms with Crippen molar-refractivity contribution in [3.05, 3.63) is 52.6 Å². The monoisotopic (exact) mass is 497 g/mol. The quantitative estimate of drug-likeness (QED) is 0.474. The minimum absolute atomic E-state index is 0.0291. The molecule has 4 N–H and O–H groups in total. The summed E-state index contributed by atoms with van der Waals surface area (Å²) < 4.78 is 23.3. The van der Waals surface area contributed by atoms with E-state index in [4.69, 9.17) is 5.14 Å². The second kappa shape index (κ2) is 10.6. The Morgan fingerprint density at radius 3 is 2.43 bits per heavy atom. The lowest BCUT2D eigenvalue weighted by Crippen LogP contribution is -2.46. The maximum Gasteiger partial charge on any atom is 0.239 e. The van der Waals surface area contributed by atoms with Crippen LogP contribution in [-0.4, -0.2) is 56.3 Å². The number of benzene rings is 1. The number of rotatable bonds is 9. The lowest BCUT2D eigenvalue weighted by Gasteiger charge is -2.23. The summed E-state index contributed by atoms with van der Waals surface area (Å²) in [7, 11) is -2.03. The second-order valence-corrected chi connectivity index (χ2v) is 9.21. The Morgan fingerprint density at radius 1 is 1.20 bits per heavy atom. The molecule has 0 bridgehead atoms. The molecule has 2 amide bonds. The zero-order valence-corrected chi connectivity index (χ0v) is 19.0. The van der Waals surface area contributed by atoms with Gasteiger partial charge in [0.2, 0.25) is 21.8 Å². The average Bonchev–Trinajstić information content (AvgIpc) is 2.68. The van der Waals surface area contributed by atoms with Gasteiger partial charge in [0.25, 0.3) is 0 Å². The van der Waals surface area contributed by atoms with Crippen LogP contribution in [0.2, 0.25) is 0 Å². The molecular formula is C19H24BrN5O4S. The highest BCUT2D eigenvalue weighted by atomic mass is 79.9. The van der Waals surface area contributed by atoms with Crippen LogP contribution in [0.25, 0.3) is 0 Å². The number of sulfonamides is 1. The highest BCUT2D eigenvalue weighted by Crippen LogP contribution is 2.11. The van der Waals surface area contributed by atoms with E-state index in [-0.39, 0.29) is 23.3 Å². The van der Waals surface area contributed by atoms with Gasteiger partial charge in [-0.2, -0.15) is 0 Å². The fourth-order valence-electron chi connectivity index (χ4n) is 2.52. The summed E-state index contributed by atoms with van der Waals surface area (Å²) in [5.74, 6) is -0.0581. The molecule has 1 aromatic heterocycles. The van der Waals surface area contributed by atoms with E-state index >= 15 is 0 Å². The number of hydrogen-bond donors (Lipinski definition) is 3. The third-order valence-corrected chi connectivity index (χ3v) is 5.79. The molecule has 11 heteroatoms. The summed E-state index contributed by atoms with van der Waals surface area (Å²) >= 11 is 3.28. The minimum Gasteiger partial charge on any atom is -0.354 e. The van der Waals surface area contributed by atoms with E-state index in [0.717, 1.165) is 10.0 Å². The number of halogens is 1. The third-order valence-electron chi connectivity index (χ3n) is 4.39. The van der Waals surface area contributed by atoms with Gasteiger partial charge >= 0.3 is 0 Å². The fraction of sp³-hybridized carbons (Fsp3) is 0.316. The molecule has 1 heterocycles. The molecule has 0 radical (unpaired) electrons. The second-order valence-electron chi connectivity index (χ2n) is 6.73. The molecule has 0 saturated carbocycles. The Labute approximate surface area is 184 Å². The van der Waals surface area contributed by atoms with Crippen LogP contribution in [0.5, 0.6) is 0 Å². The topological polar surface area (TPSA) is 134 Å². The van der Waals surface area contributed by atoms with Gasteiger partial charge in [0.1, 0.15) is 5.82 Å². The first-order chi connectivity index (χ1) is 14.1. The number of pyridine rings is 1. The van der Waals surface area contributed by atoms with Gasteiger partial charge in [-0.15, -0.1) is 0 Å². The lowest BCUT2D eigenvalue weighted by molar-refractivity contribution is -0.126. The lowest BCUT2D eigenvalue weighted by atomic mass is 10.1.